The van der Waals surface area contributed by atoms with Crippen LogP contribution in [-0.4, -0.2) is 32.4 Å². The van der Waals surface area contributed by atoms with Gasteiger partial charge in [-0.1, -0.05) is 11.6 Å². The van der Waals surface area contributed by atoms with Crippen LogP contribution in [0, 0.1) is 0 Å². The van der Waals surface area contributed by atoms with Crippen molar-refractivity contribution < 1.29 is 23.1 Å². The number of rotatable bonds is 6. The highest BCUT2D eigenvalue weighted by Gasteiger charge is 2.12. The number of carbonyl (C=O) groups is 1. The van der Waals surface area contributed by atoms with E-state index in [0.717, 1.165) is 0 Å². The summed E-state index contributed by atoms with van der Waals surface area (Å²) in [6.45, 7) is 0. The molecule has 8 heteroatoms. The van der Waals surface area contributed by atoms with Gasteiger partial charge >= 0.3 is 5.97 Å². The molecule has 2 N–H and O–H groups in total. The van der Waals surface area contributed by atoms with Crippen LogP contribution in [0.5, 0.6) is 5.75 Å². The highest BCUT2D eigenvalue weighted by Crippen LogP contribution is 2.26. The summed E-state index contributed by atoms with van der Waals surface area (Å²) < 4.78 is 30.1. The lowest BCUT2D eigenvalue weighted by atomic mass is 10.3. The van der Waals surface area contributed by atoms with Gasteiger partial charge < -0.3 is 9.84 Å². The first-order valence-corrected chi connectivity index (χ1v) is 7.43. The lowest BCUT2D eigenvalue weighted by Crippen LogP contribution is -2.17. The molecule has 1 aromatic rings. The van der Waals surface area contributed by atoms with Gasteiger partial charge in [0.05, 0.1) is 23.6 Å². The highest BCUT2D eigenvalue weighted by molar-refractivity contribution is 7.92. The fourth-order valence-corrected chi connectivity index (χ4v) is 2.60. The number of benzene rings is 1. The third-order valence-corrected chi connectivity index (χ3v) is 3.92. The Bertz CT molecular complexity index is 558. The van der Waals surface area contributed by atoms with E-state index in [1.54, 1.807) is 0 Å². The first kappa shape index (κ1) is 15.6. The van der Waals surface area contributed by atoms with Crippen molar-refractivity contribution in [2.24, 2.45) is 0 Å². The summed E-state index contributed by atoms with van der Waals surface area (Å²) >= 11 is 5.66. The summed E-state index contributed by atoms with van der Waals surface area (Å²) in [7, 11) is -2.32. The van der Waals surface area contributed by atoms with E-state index in [1.165, 1.54) is 25.3 Å². The Kier molecular flexibility index (Phi) is 5.44. The topological polar surface area (TPSA) is 92.7 Å². The summed E-state index contributed by atoms with van der Waals surface area (Å²) in [6.07, 6.45) is 0.196. The van der Waals surface area contributed by atoms with Crippen molar-refractivity contribution in [2.75, 3.05) is 17.6 Å². The first-order chi connectivity index (χ1) is 8.84. The average Bonchev–Trinajstić information content (AvgIpc) is 2.33. The number of nitrogens with one attached hydrogen (secondary N) is 1. The third kappa shape index (κ3) is 5.35. The van der Waals surface area contributed by atoms with Crippen LogP contribution in [0.3, 0.4) is 0 Å². The van der Waals surface area contributed by atoms with Crippen LogP contribution >= 0.6 is 11.6 Å². The number of ether oxygens (including phenoxy) is 1. The number of sulfonamides is 1. The molecule has 0 spiro atoms. The van der Waals surface area contributed by atoms with Crippen molar-refractivity contribution in [1.82, 2.24) is 0 Å². The second-order valence-electron chi connectivity index (χ2n) is 3.77. The Morgan fingerprint density at radius 1 is 1.47 bits per heavy atom. The molecular weight excluding hydrogens is 294 g/mol. The van der Waals surface area contributed by atoms with E-state index in [4.69, 9.17) is 11.6 Å². The quantitative estimate of drug-likeness (QED) is 0.617. The van der Waals surface area contributed by atoms with Crippen molar-refractivity contribution in [3.63, 3.8) is 0 Å². The summed E-state index contributed by atoms with van der Waals surface area (Å²) in [6, 6.07) is 3.97. The van der Waals surface area contributed by atoms with Crippen molar-refractivity contribution in [1.29, 1.82) is 0 Å². The highest BCUT2D eigenvalue weighted by atomic mass is 35.5. The third-order valence-electron chi connectivity index (χ3n) is 2.24. The van der Waals surface area contributed by atoms with E-state index >= 15 is 0 Å². The van der Waals surface area contributed by atoms with Gasteiger partial charge in [-0.3, -0.25) is 9.52 Å². The number of halogens is 1. The van der Waals surface area contributed by atoms with Crippen molar-refractivity contribution in [2.45, 2.75) is 12.8 Å². The van der Waals surface area contributed by atoms with E-state index in [9.17, 15) is 18.3 Å². The van der Waals surface area contributed by atoms with Crippen LogP contribution < -0.4 is 4.72 Å². The van der Waals surface area contributed by atoms with Crippen LogP contribution in [-0.2, 0) is 19.6 Å². The van der Waals surface area contributed by atoms with Gasteiger partial charge in [0, 0.05) is 6.42 Å². The summed E-state index contributed by atoms with van der Waals surface area (Å²) in [5, 5.41) is 9.26. The zero-order valence-electron chi connectivity index (χ0n) is 10.2. The molecule has 0 heterocycles. The lowest BCUT2D eigenvalue weighted by molar-refractivity contribution is -0.140. The van der Waals surface area contributed by atoms with E-state index in [-0.39, 0.29) is 35.1 Å². The molecule has 0 atom stereocenters. The second kappa shape index (κ2) is 6.63. The normalized spacial score (nSPS) is 11.1. The maximum absolute atomic E-state index is 11.7. The maximum atomic E-state index is 11.7. The van der Waals surface area contributed by atoms with Crippen LogP contribution in [0.2, 0.25) is 5.02 Å². The number of methoxy groups -OCH3 is 1. The summed E-state index contributed by atoms with van der Waals surface area (Å²) in [5.74, 6) is -0.793. The van der Waals surface area contributed by atoms with E-state index in [1.807, 2.05) is 0 Å². The molecule has 6 nitrogen and oxygen atoms in total. The number of anilines is 1. The predicted octanol–water partition coefficient (Wildman–Crippen LogP) is 1.74. The molecule has 0 radical (unpaired) electrons. The molecule has 0 aliphatic carbocycles. The Labute approximate surface area is 116 Å². The minimum Gasteiger partial charge on any atom is -0.506 e. The van der Waals surface area contributed by atoms with E-state index < -0.39 is 16.0 Å². The zero-order chi connectivity index (χ0) is 14.5. The van der Waals surface area contributed by atoms with Gasteiger partial charge in [-0.2, -0.15) is 0 Å². The number of carbonyl (C=O) groups excluding carboxylic acids is 1. The van der Waals surface area contributed by atoms with Crippen LogP contribution in [0.15, 0.2) is 18.2 Å². The largest absolute Gasteiger partial charge is 0.506 e. The van der Waals surface area contributed by atoms with E-state index in [0.29, 0.717) is 0 Å². The molecule has 1 aromatic carbocycles. The Balaban J connectivity index is 2.59. The van der Waals surface area contributed by atoms with Gasteiger partial charge in [0.1, 0.15) is 5.75 Å². The first-order valence-electron chi connectivity index (χ1n) is 5.40. The standard InChI is InChI=1S/C11H14ClNO5S/c1-18-11(15)3-2-6-19(16,17)13-8-4-5-10(14)9(12)7-8/h4-5,7,13-14H,2-3,6H2,1H3. The van der Waals surface area contributed by atoms with Crippen molar-refractivity contribution in [3.8, 4) is 5.75 Å². The lowest BCUT2D eigenvalue weighted by Gasteiger charge is -2.08. The Hall–Kier alpha value is -1.47. The van der Waals surface area contributed by atoms with Crippen LogP contribution in [0.4, 0.5) is 5.69 Å². The number of aromatic hydroxyl groups is 1. The fourth-order valence-electron chi connectivity index (χ4n) is 1.31. The smallest absolute Gasteiger partial charge is 0.305 e. The maximum Gasteiger partial charge on any atom is 0.305 e. The molecular formula is C11H14ClNO5S. The molecule has 1 rings (SSSR count). The molecule has 0 saturated heterocycles. The molecule has 0 fully saturated rings. The Morgan fingerprint density at radius 3 is 2.74 bits per heavy atom. The monoisotopic (exact) mass is 307 g/mol. The number of hydrogen-bond donors (Lipinski definition) is 2. The van der Waals surface area contributed by atoms with Gasteiger partial charge in [-0.05, 0) is 24.6 Å². The molecule has 0 amide bonds. The minimum atomic E-state index is -3.57. The number of hydrogen-bond acceptors (Lipinski definition) is 5. The zero-order valence-corrected chi connectivity index (χ0v) is 11.8. The van der Waals surface area contributed by atoms with Crippen molar-refractivity contribution >= 4 is 33.3 Å². The molecule has 106 valence electrons. The molecule has 0 saturated carbocycles. The summed E-state index contributed by atoms with van der Waals surface area (Å²) in [5.41, 5.74) is 0.251. The molecule has 0 aliphatic rings. The number of phenolic OH excluding ortho intramolecular Hbond substituents is 1. The van der Waals surface area contributed by atoms with Gasteiger partial charge in [0.2, 0.25) is 10.0 Å². The predicted molar refractivity (Wildman–Crippen MR) is 71.8 cm³/mol. The SMILES string of the molecule is COC(=O)CCCS(=O)(=O)Nc1ccc(O)c(Cl)c1. The summed E-state index contributed by atoms with van der Waals surface area (Å²) in [4.78, 5) is 10.9. The van der Waals surface area contributed by atoms with E-state index in [2.05, 4.69) is 9.46 Å². The molecule has 0 aromatic heterocycles. The van der Waals surface area contributed by atoms with Crippen LogP contribution in [0.25, 0.3) is 0 Å². The minimum absolute atomic E-state index is 0.0355. The van der Waals surface area contributed by atoms with Crippen molar-refractivity contribution in [3.05, 3.63) is 23.2 Å². The van der Waals surface area contributed by atoms with Gasteiger partial charge in [0.15, 0.2) is 0 Å². The number of esters is 1. The van der Waals surface area contributed by atoms with Crippen LogP contribution in [0.1, 0.15) is 12.8 Å². The number of phenols is 1. The Morgan fingerprint density at radius 2 is 2.16 bits per heavy atom. The van der Waals surface area contributed by atoms with Gasteiger partial charge in [-0.15, -0.1) is 0 Å². The molecule has 0 unspecified atom stereocenters. The van der Waals surface area contributed by atoms with Gasteiger partial charge in [0.25, 0.3) is 0 Å². The molecule has 19 heavy (non-hydrogen) atoms. The second-order valence-corrected chi connectivity index (χ2v) is 6.02. The average molecular weight is 308 g/mol. The fraction of sp³-hybridized carbons (Fsp3) is 0.364. The van der Waals surface area contributed by atoms with Gasteiger partial charge in [-0.25, -0.2) is 8.42 Å². The molecule has 0 aliphatic heterocycles. The molecule has 0 bridgehead atoms.